The number of thioether (sulfide) groups is 1. The van der Waals surface area contributed by atoms with Crippen molar-refractivity contribution in [2.75, 3.05) is 13.2 Å². The zero-order valence-corrected chi connectivity index (χ0v) is 15.4. The van der Waals surface area contributed by atoms with E-state index in [0.717, 1.165) is 10.5 Å². The SMILES string of the molecule is C[C@@H]1OC(c2ccccc2)OCC1O[C@H](Sc1ccccc1)[C@H](O)CO. The van der Waals surface area contributed by atoms with Crippen LogP contribution in [0.1, 0.15) is 18.8 Å². The third-order valence-corrected chi connectivity index (χ3v) is 5.35. The lowest BCUT2D eigenvalue weighted by Crippen LogP contribution is -2.44. The van der Waals surface area contributed by atoms with E-state index < -0.39 is 17.8 Å². The molecule has 1 aliphatic rings. The number of ether oxygens (including phenoxy) is 3. The smallest absolute Gasteiger partial charge is 0.184 e. The summed E-state index contributed by atoms with van der Waals surface area (Å²) in [4.78, 5) is 0.956. The van der Waals surface area contributed by atoms with Gasteiger partial charge in [0.15, 0.2) is 6.29 Å². The predicted molar refractivity (Wildman–Crippen MR) is 99.7 cm³/mol. The molecule has 2 unspecified atom stereocenters. The molecule has 5 atom stereocenters. The minimum absolute atomic E-state index is 0.210. The van der Waals surface area contributed by atoms with E-state index in [9.17, 15) is 10.2 Å². The largest absolute Gasteiger partial charge is 0.394 e. The van der Waals surface area contributed by atoms with Crippen LogP contribution in [0.5, 0.6) is 0 Å². The summed E-state index contributed by atoms with van der Waals surface area (Å²) < 4.78 is 17.8. The summed E-state index contributed by atoms with van der Waals surface area (Å²) >= 11 is 1.37. The van der Waals surface area contributed by atoms with Crippen molar-refractivity contribution >= 4 is 11.8 Å². The average molecular weight is 376 g/mol. The monoisotopic (exact) mass is 376 g/mol. The number of benzene rings is 2. The van der Waals surface area contributed by atoms with Gasteiger partial charge in [0, 0.05) is 10.5 Å². The Morgan fingerprint density at radius 1 is 1.12 bits per heavy atom. The molecular weight excluding hydrogens is 352 g/mol. The second kappa shape index (κ2) is 9.50. The first kappa shape index (κ1) is 19.4. The molecule has 2 N–H and O–H groups in total. The molecule has 0 aliphatic carbocycles. The molecule has 1 saturated heterocycles. The number of aliphatic hydroxyl groups is 2. The summed E-state index contributed by atoms with van der Waals surface area (Å²) in [6, 6.07) is 19.4. The summed E-state index contributed by atoms with van der Waals surface area (Å²) in [6.07, 6.45) is -1.97. The van der Waals surface area contributed by atoms with E-state index >= 15 is 0 Å². The quantitative estimate of drug-likeness (QED) is 0.572. The molecule has 140 valence electrons. The lowest BCUT2D eigenvalue weighted by molar-refractivity contribution is -0.266. The van der Waals surface area contributed by atoms with Crippen molar-refractivity contribution in [1.29, 1.82) is 0 Å². The van der Waals surface area contributed by atoms with Crippen LogP contribution in [-0.4, -0.2) is 47.2 Å². The Morgan fingerprint density at radius 3 is 2.38 bits per heavy atom. The molecule has 0 aromatic heterocycles. The first-order valence-corrected chi connectivity index (χ1v) is 9.53. The molecule has 0 spiro atoms. The third kappa shape index (κ3) is 5.07. The molecule has 1 heterocycles. The molecule has 2 aromatic rings. The van der Waals surface area contributed by atoms with Crippen molar-refractivity contribution in [2.45, 2.75) is 41.9 Å². The van der Waals surface area contributed by atoms with Gasteiger partial charge in [-0.05, 0) is 19.1 Å². The molecule has 2 aromatic carbocycles. The highest BCUT2D eigenvalue weighted by Crippen LogP contribution is 2.32. The maximum Gasteiger partial charge on any atom is 0.184 e. The van der Waals surface area contributed by atoms with Gasteiger partial charge in [-0.1, -0.05) is 60.3 Å². The fraction of sp³-hybridized carbons (Fsp3) is 0.400. The van der Waals surface area contributed by atoms with Crippen molar-refractivity contribution in [3.05, 3.63) is 66.2 Å². The van der Waals surface area contributed by atoms with Gasteiger partial charge in [-0.3, -0.25) is 0 Å². The van der Waals surface area contributed by atoms with Crippen molar-refractivity contribution in [3.63, 3.8) is 0 Å². The second-order valence-electron chi connectivity index (χ2n) is 6.14. The second-order valence-corrected chi connectivity index (χ2v) is 7.31. The van der Waals surface area contributed by atoms with Crippen molar-refractivity contribution in [2.24, 2.45) is 0 Å². The van der Waals surface area contributed by atoms with Crippen LogP contribution < -0.4 is 0 Å². The summed E-state index contributed by atoms with van der Waals surface area (Å²) in [7, 11) is 0. The lowest BCUT2D eigenvalue weighted by Gasteiger charge is -2.37. The number of hydrogen-bond acceptors (Lipinski definition) is 6. The van der Waals surface area contributed by atoms with Gasteiger partial charge in [0.1, 0.15) is 17.6 Å². The van der Waals surface area contributed by atoms with Gasteiger partial charge in [-0.2, -0.15) is 0 Å². The fourth-order valence-corrected chi connectivity index (χ4v) is 3.69. The standard InChI is InChI=1S/C20H24O5S/c1-14-18(13-23-19(24-14)15-8-4-2-5-9-15)25-20(17(22)12-21)26-16-10-6-3-7-11-16/h2-11,14,17-22H,12-13H2,1H3/t14-,17+,18?,19?,20+/m0/s1. The van der Waals surface area contributed by atoms with Crippen LogP contribution in [0.2, 0.25) is 0 Å². The van der Waals surface area contributed by atoms with Crippen LogP contribution in [-0.2, 0) is 14.2 Å². The van der Waals surface area contributed by atoms with E-state index in [0.29, 0.717) is 6.61 Å². The summed E-state index contributed by atoms with van der Waals surface area (Å²) in [5.41, 5.74) is 0.346. The zero-order valence-electron chi connectivity index (χ0n) is 14.6. The number of hydrogen-bond donors (Lipinski definition) is 2. The summed E-state index contributed by atoms with van der Waals surface area (Å²) in [5, 5.41) is 19.5. The lowest BCUT2D eigenvalue weighted by atomic mass is 10.1. The van der Waals surface area contributed by atoms with Gasteiger partial charge in [0.25, 0.3) is 0 Å². The van der Waals surface area contributed by atoms with Crippen LogP contribution in [0.3, 0.4) is 0 Å². The minimum Gasteiger partial charge on any atom is -0.394 e. The van der Waals surface area contributed by atoms with Crippen LogP contribution in [0, 0.1) is 0 Å². The first-order valence-electron chi connectivity index (χ1n) is 8.65. The Bertz CT molecular complexity index is 654. The maximum atomic E-state index is 10.1. The van der Waals surface area contributed by atoms with E-state index in [1.54, 1.807) is 0 Å². The van der Waals surface area contributed by atoms with Gasteiger partial charge in [-0.15, -0.1) is 0 Å². The van der Waals surface area contributed by atoms with E-state index in [-0.39, 0.29) is 18.8 Å². The molecule has 0 amide bonds. The Kier molecular flexibility index (Phi) is 7.07. The van der Waals surface area contributed by atoms with Gasteiger partial charge >= 0.3 is 0 Å². The Hall–Kier alpha value is -1.41. The molecule has 5 nitrogen and oxygen atoms in total. The molecular formula is C20H24O5S. The third-order valence-electron chi connectivity index (χ3n) is 4.15. The molecule has 0 radical (unpaired) electrons. The van der Waals surface area contributed by atoms with Gasteiger partial charge < -0.3 is 24.4 Å². The Labute approximate surface area is 157 Å². The molecule has 0 bridgehead atoms. The maximum absolute atomic E-state index is 10.1. The summed E-state index contributed by atoms with van der Waals surface area (Å²) in [5.74, 6) is 0. The van der Waals surface area contributed by atoms with E-state index in [1.165, 1.54) is 11.8 Å². The molecule has 1 fully saturated rings. The van der Waals surface area contributed by atoms with Crippen LogP contribution in [0.15, 0.2) is 65.6 Å². The predicted octanol–water partition coefficient (Wildman–Crippen LogP) is 2.98. The Balaban J connectivity index is 1.62. The van der Waals surface area contributed by atoms with Crippen molar-refractivity contribution in [1.82, 2.24) is 0 Å². The van der Waals surface area contributed by atoms with Crippen LogP contribution in [0.4, 0.5) is 0 Å². The highest BCUT2D eigenvalue weighted by atomic mass is 32.2. The number of rotatable bonds is 7. The van der Waals surface area contributed by atoms with Crippen molar-refractivity contribution in [3.8, 4) is 0 Å². The average Bonchev–Trinajstić information content (AvgIpc) is 2.69. The van der Waals surface area contributed by atoms with Crippen LogP contribution in [0.25, 0.3) is 0 Å². The molecule has 1 aliphatic heterocycles. The molecule has 0 saturated carbocycles. The Morgan fingerprint density at radius 2 is 1.77 bits per heavy atom. The first-order chi connectivity index (χ1) is 12.7. The van der Waals surface area contributed by atoms with E-state index in [4.69, 9.17) is 14.2 Å². The number of aliphatic hydroxyl groups excluding tert-OH is 2. The highest BCUT2D eigenvalue weighted by molar-refractivity contribution is 7.99. The fourth-order valence-electron chi connectivity index (χ4n) is 2.66. The van der Waals surface area contributed by atoms with Gasteiger partial charge in [-0.25, -0.2) is 0 Å². The van der Waals surface area contributed by atoms with E-state index in [1.807, 2.05) is 67.6 Å². The zero-order chi connectivity index (χ0) is 18.4. The van der Waals surface area contributed by atoms with Gasteiger partial charge in [0.05, 0.1) is 19.3 Å². The van der Waals surface area contributed by atoms with Gasteiger partial charge in [0.2, 0.25) is 0 Å². The minimum atomic E-state index is -1.00. The highest BCUT2D eigenvalue weighted by Gasteiger charge is 2.34. The topological polar surface area (TPSA) is 68.2 Å². The van der Waals surface area contributed by atoms with Crippen LogP contribution >= 0.6 is 11.8 Å². The van der Waals surface area contributed by atoms with E-state index in [2.05, 4.69) is 0 Å². The normalized spacial score (nSPS) is 25.6. The molecule has 26 heavy (non-hydrogen) atoms. The summed E-state index contributed by atoms with van der Waals surface area (Å²) in [6.45, 7) is 1.91. The molecule has 3 rings (SSSR count). The molecule has 6 heteroatoms. The van der Waals surface area contributed by atoms with Crippen molar-refractivity contribution < 1.29 is 24.4 Å².